The highest BCUT2D eigenvalue weighted by molar-refractivity contribution is 8.18. The van der Waals surface area contributed by atoms with Crippen LogP contribution in [0.3, 0.4) is 0 Å². The highest BCUT2D eigenvalue weighted by Crippen LogP contribution is 2.32. The summed E-state index contributed by atoms with van der Waals surface area (Å²) in [6, 6.07) is 18.5. The van der Waals surface area contributed by atoms with E-state index in [2.05, 4.69) is 5.32 Å². The maximum atomic E-state index is 12.8. The van der Waals surface area contributed by atoms with Crippen molar-refractivity contribution < 1.29 is 19.1 Å². The van der Waals surface area contributed by atoms with Gasteiger partial charge in [0, 0.05) is 23.3 Å². The molecule has 8 heteroatoms. The first-order chi connectivity index (χ1) is 15.5. The minimum atomic E-state index is -0.484. The number of carbonyl (C=O) groups excluding carboxylic acids is 3. The summed E-state index contributed by atoms with van der Waals surface area (Å²) in [7, 11) is 1.60. The molecule has 2 heterocycles. The van der Waals surface area contributed by atoms with Crippen molar-refractivity contribution in [2.45, 2.75) is 6.92 Å². The number of benzene rings is 2. The number of rotatable bonds is 6. The van der Waals surface area contributed by atoms with Gasteiger partial charge in [-0.3, -0.25) is 19.3 Å². The third-order valence-corrected chi connectivity index (χ3v) is 5.91. The molecular weight excluding hydrogens is 426 g/mol. The monoisotopic (exact) mass is 447 g/mol. The van der Waals surface area contributed by atoms with Gasteiger partial charge in [0.2, 0.25) is 5.91 Å². The van der Waals surface area contributed by atoms with Crippen molar-refractivity contribution in [2.24, 2.45) is 0 Å². The van der Waals surface area contributed by atoms with E-state index in [-0.39, 0.29) is 11.4 Å². The molecular formula is C24H21N3O4S. The number of hydrogen-bond acceptors (Lipinski definition) is 5. The van der Waals surface area contributed by atoms with Gasteiger partial charge in [0.1, 0.15) is 12.3 Å². The number of carbonyl (C=O) groups is 3. The third-order valence-electron chi connectivity index (χ3n) is 5.00. The SMILES string of the molecule is COc1ccc(-n2cccc2/C=C2\SC(=O)N(CC(=O)Nc3ccccc3C)C2=O)cc1. The van der Waals surface area contributed by atoms with Gasteiger partial charge in [-0.25, -0.2) is 0 Å². The average molecular weight is 448 g/mol. The van der Waals surface area contributed by atoms with E-state index in [0.717, 1.165) is 39.4 Å². The van der Waals surface area contributed by atoms with Crippen LogP contribution in [0.1, 0.15) is 11.3 Å². The van der Waals surface area contributed by atoms with Crippen molar-refractivity contribution in [3.63, 3.8) is 0 Å². The molecule has 0 aliphatic carbocycles. The predicted molar refractivity (Wildman–Crippen MR) is 125 cm³/mol. The van der Waals surface area contributed by atoms with E-state index < -0.39 is 17.1 Å². The van der Waals surface area contributed by atoms with Gasteiger partial charge in [0.25, 0.3) is 11.1 Å². The van der Waals surface area contributed by atoms with Crippen molar-refractivity contribution in [3.8, 4) is 11.4 Å². The van der Waals surface area contributed by atoms with Gasteiger partial charge in [-0.1, -0.05) is 18.2 Å². The zero-order valence-electron chi connectivity index (χ0n) is 17.6. The fourth-order valence-electron chi connectivity index (χ4n) is 3.31. The fourth-order valence-corrected chi connectivity index (χ4v) is 4.13. The Morgan fingerprint density at radius 2 is 1.81 bits per heavy atom. The molecule has 4 rings (SSSR count). The molecule has 1 N–H and O–H groups in total. The van der Waals surface area contributed by atoms with Crippen molar-refractivity contribution in [1.82, 2.24) is 9.47 Å². The summed E-state index contributed by atoms with van der Waals surface area (Å²) in [5, 5.41) is 2.28. The van der Waals surface area contributed by atoms with Crippen molar-refractivity contribution >= 4 is 40.6 Å². The quantitative estimate of drug-likeness (QED) is 0.564. The second-order valence-corrected chi connectivity index (χ2v) is 8.13. The molecule has 3 aromatic rings. The summed E-state index contributed by atoms with van der Waals surface area (Å²) in [6.07, 6.45) is 3.53. The molecule has 1 saturated heterocycles. The number of thioether (sulfide) groups is 1. The van der Waals surface area contributed by atoms with E-state index in [4.69, 9.17) is 4.74 Å². The van der Waals surface area contributed by atoms with E-state index in [1.807, 2.05) is 72.3 Å². The molecule has 2 aromatic carbocycles. The largest absolute Gasteiger partial charge is 0.497 e. The normalized spacial score (nSPS) is 14.8. The Labute approximate surface area is 189 Å². The second kappa shape index (κ2) is 9.15. The Balaban J connectivity index is 1.50. The number of hydrogen-bond donors (Lipinski definition) is 1. The second-order valence-electron chi connectivity index (χ2n) is 7.13. The van der Waals surface area contributed by atoms with Crippen LogP contribution in [0.15, 0.2) is 71.8 Å². The molecule has 162 valence electrons. The fraction of sp³-hybridized carbons (Fsp3) is 0.125. The lowest BCUT2D eigenvalue weighted by Gasteiger charge is -2.13. The number of para-hydroxylation sites is 1. The molecule has 0 saturated carbocycles. The molecule has 1 aliphatic rings. The van der Waals surface area contributed by atoms with Gasteiger partial charge < -0.3 is 14.6 Å². The molecule has 0 atom stereocenters. The number of nitrogens with zero attached hydrogens (tertiary/aromatic N) is 2. The van der Waals surface area contributed by atoms with Crippen LogP contribution in [-0.2, 0) is 9.59 Å². The van der Waals surface area contributed by atoms with Gasteiger partial charge in [-0.2, -0.15) is 0 Å². The molecule has 3 amide bonds. The number of nitrogens with one attached hydrogen (secondary N) is 1. The van der Waals surface area contributed by atoms with Crippen LogP contribution in [0.2, 0.25) is 0 Å². The minimum absolute atomic E-state index is 0.271. The average Bonchev–Trinajstić information content (AvgIpc) is 3.35. The predicted octanol–water partition coefficient (Wildman–Crippen LogP) is 4.47. The first-order valence-electron chi connectivity index (χ1n) is 9.89. The first-order valence-corrected chi connectivity index (χ1v) is 10.7. The van der Waals surface area contributed by atoms with Crippen LogP contribution in [0, 0.1) is 6.92 Å². The van der Waals surface area contributed by atoms with E-state index in [1.165, 1.54) is 0 Å². The number of ether oxygens (including phenoxy) is 1. The number of anilines is 1. The topological polar surface area (TPSA) is 80.6 Å². The van der Waals surface area contributed by atoms with Gasteiger partial charge in [0.15, 0.2) is 0 Å². The molecule has 1 fully saturated rings. The van der Waals surface area contributed by atoms with Gasteiger partial charge >= 0.3 is 0 Å². The van der Waals surface area contributed by atoms with Crippen LogP contribution >= 0.6 is 11.8 Å². The Morgan fingerprint density at radius 1 is 1.06 bits per heavy atom. The molecule has 1 aliphatic heterocycles. The lowest BCUT2D eigenvalue weighted by Crippen LogP contribution is -2.36. The number of methoxy groups -OCH3 is 1. The molecule has 0 unspecified atom stereocenters. The van der Waals surface area contributed by atoms with Crippen molar-refractivity contribution in [2.75, 3.05) is 19.0 Å². The molecule has 1 aromatic heterocycles. The number of aryl methyl sites for hydroxylation is 1. The summed E-state index contributed by atoms with van der Waals surface area (Å²) < 4.78 is 7.09. The van der Waals surface area contributed by atoms with E-state index in [9.17, 15) is 14.4 Å². The summed E-state index contributed by atoms with van der Waals surface area (Å²) >= 11 is 0.827. The Bertz CT molecular complexity index is 1210. The summed E-state index contributed by atoms with van der Waals surface area (Å²) in [6.45, 7) is 1.53. The first kappa shape index (κ1) is 21.5. The van der Waals surface area contributed by atoms with Crippen molar-refractivity contribution in [3.05, 3.63) is 83.0 Å². The van der Waals surface area contributed by atoms with Crippen molar-refractivity contribution in [1.29, 1.82) is 0 Å². The minimum Gasteiger partial charge on any atom is -0.497 e. The highest BCUT2D eigenvalue weighted by atomic mass is 32.2. The third kappa shape index (κ3) is 4.45. The lowest BCUT2D eigenvalue weighted by atomic mass is 10.2. The summed E-state index contributed by atoms with van der Waals surface area (Å²) in [5.74, 6) is -0.167. The zero-order chi connectivity index (χ0) is 22.7. The standard InChI is InChI=1S/C24H21N3O4S/c1-16-6-3-4-8-20(16)25-22(28)15-27-23(29)21(32-24(27)30)14-18-7-5-13-26(18)17-9-11-19(31-2)12-10-17/h3-14H,15H2,1-2H3,(H,25,28)/b21-14-. The lowest BCUT2D eigenvalue weighted by molar-refractivity contribution is -0.127. The molecule has 0 spiro atoms. The van der Waals surface area contributed by atoms with Crippen LogP contribution < -0.4 is 10.1 Å². The molecule has 0 radical (unpaired) electrons. The molecule has 7 nitrogen and oxygen atoms in total. The smallest absolute Gasteiger partial charge is 0.294 e. The van der Waals surface area contributed by atoms with Crippen LogP contribution in [0.4, 0.5) is 10.5 Å². The maximum Gasteiger partial charge on any atom is 0.294 e. The summed E-state index contributed by atoms with van der Waals surface area (Å²) in [5.41, 5.74) is 3.18. The molecule has 0 bridgehead atoms. The Hall–Kier alpha value is -3.78. The van der Waals surface area contributed by atoms with E-state index in [1.54, 1.807) is 19.3 Å². The van der Waals surface area contributed by atoms with Gasteiger partial charge in [-0.05, 0) is 72.8 Å². The van der Waals surface area contributed by atoms with E-state index in [0.29, 0.717) is 5.69 Å². The Morgan fingerprint density at radius 3 is 2.53 bits per heavy atom. The maximum absolute atomic E-state index is 12.8. The highest BCUT2D eigenvalue weighted by Gasteiger charge is 2.36. The van der Waals surface area contributed by atoms with Crippen LogP contribution in [-0.4, -0.2) is 40.2 Å². The number of aromatic nitrogens is 1. The molecule has 32 heavy (non-hydrogen) atoms. The van der Waals surface area contributed by atoms with Gasteiger partial charge in [0.05, 0.1) is 12.0 Å². The van der Waals surface area contributed by atoms with Crippen LogP contribution in [0.5, 0.6) is 5.75 Å². The summed E-state index contributed by atoms with van der Waals surface area (Å²) in [4.78, 5) is 38.9. The van der Waals surface area contributed by atoms with Crippen LogP contribution in [0.25, 0.3) is 11.8 Å². The number of amides is 3. The zero-order valence-corrected chi connectivity index (χ0v) is 18.4. The van der Waals surface area contributed by atoms with E-state index >= 15 is 0 Å². The Kier molecular flexibility index (Phi) is 6.13. The van der Waals surface area contributed by atoms with Gasteiger partial charge in [-0.15, -0.1) is 0 Å². The number of imide groups is 1.